The molecule has 0 unspecified atom stereocenters. The summed E-state index contributed by atoms with van der Waals surface area (Å²) in [7, 11) is 0. The van der Waals surface area contributed by atoms with Crippen molar-refractivity contribution < 1.29 is 10.0 Å². The summed E-state index contributed by atoms with van der Waals surface area (Å²) in [5, 5.41) is 22.1. The summed E-state index contributed by atoms with van der Waals surface area (Å²) in [6.45, 7) is -0.121. The topological polar surface area (TPSA) is 98.3 Å². The first-order valence-corrected chi connectivity index (χ1v) is 7.89. The minimum Gasteiger partial charge on any atom is -0.386 e. The van der Waals surface area contributed by atoms with Gasteiger partial charge in [-0.05, 0) is 24.3 Å². The van der Waals surface area contributed by atoms with Gasteiger partial charge in [0, 0.05) is 27.7 Å². The molecule has 7 nitrogen and oxygen atoms in total. The lowest BCUT2D eigenvalue weighted by Crippen LogP contribution is -2.24. The Morgan fingerprint density at radius 3 is 2.72 bits per heavy atom. The van der Waals surface area contributed by atoms with Crippen LogP contribution in [0.3, 0.4) is 0 Å². The molecular weight excluding hydrogens is 369 g/mol. The number of nitro groups is 1. The van der Waals surface area contributed by atoms with E-state index in [9.17, 15) is 20.0 Å². The highest BCUT2D eigenvalue weighted by Gasteiger charge is 2.16. The number of rotatable bonds is 4. The number of aliphatic hydroxyl groups is 1. The first-order valence-electron chi connectivity index (χ1n) is 7.13. The molecule has 128 valence electrons. The van der Waals surface area contributed by atoms with Gasteiger partial charge >= 0.3 is 0 Å². The third-order valence-electron chi connectivity index (χ3n) is 3.71. The van der Waals surface area contributed by atoms with E-state index in [-0.39, 0.29) is 17.6 Å². The molecule has 1 N–H and O–H groups in total. The molecule has 0 radical (unpaired) electrons. The van der Waals surface area contributed by atoms with Crippen LogP contribution in [0.25, 0.3) is 10.9 Å². The molecule has 0 bridgehead atoms. The van der Waals surface area contributed by atoms with Gasteiger partial charge in [0.1, 0.15) is 0 Å². The second kappa shape index (κ2) is 6.79. The van der Waals surface area contributed by atoms with Crippen molar-refractivity contribution in [2.45, 2.75) is 12.6 Å². The minimum absolute atomic E-state index is 0.0982. The van der Waals surface area contributed by atoms with Gasteiger partial charge in [0.25, 0.3) is 11.2 Å². The van der Waals surface area contributed by atoms with Crippen LogP contribution in [-0.4, -0.2) is 19.6 Å². The second-order valence-corrected chi connectivity index (χ2v) is 6.19. The Morgan fingerprint density at radius 2 is 2.00 bits per heavy atom. The van der Waals surface area contributed by atoms with Crippen LogP contribution >= 0.6 is 23.2 Å². The predicted molar refractivity (Wildman–Crippen MR) is 94.1 cm³/mol. The Bertz CT molecular complexity index is 1040. The lowest BCUT2D eigenvalue weighted by atomic mass is 10.1. The molecule has 0 aliphatic carbocycles. The monoisotopic (exact) mass is 379 g/mol. The summed E-state index contributed by atoms with van der Waals surface area (Å²) >= 11 is 12.0. The van der Waals surface area contributed by atoms with Crippen LogP contribution in [0.4, 0.5) is 5.69 Å². The van der Waals surface area contributed by atoms with Gasteiger partial charge < -0.3 is 5.11 Å². The molecule has 2 aromatic carbocycles. The summed E-state index contributed by atoms with van der Waals surface area (Å²) in [6.07, 6.45) is 0.180. The van der Waals surface area contributed by atoms with Crippen molar-refractivity contribution in [3.05, 3.63) is 78.8 Å². The molecule has 9 heteroatoms. The van der Waals surface area contributed by atoms with Crippen molar-refractivity contribution in [3.63, 3.8) is 0 Å². The van der Waals surface area contributed by atoms with Gasteiger partial charge in [-0.3, -0.25) is 19.5 Å². The van der Waals surface area contributed by atoms with Gasteiger partial charge in [-0.25, -0.2) is 4.98 Å². The molecule has 0 saturated carbocycles. The van der Waals surface area contributed by atoms with Gasteiger partial charge in [-0.15, -0.1) is 0 Å². The van der Waals surface area contributed by atoms with Gasteiger partial charge in [-0.1, -0.05) is 23.2 Å². The van der Waals surface area contributed by atoms with E-state index in [1.807, 2.05) is 0 Å². The van der Waals surface area contributed by atoms with Crippen LogP contribution in [0.15, 0.2) is 47.5 Å². The Morgan fingerprint density at radius 1 is 1.24 bits per heavy atom. The van der Waals surface area contributed by atoms with Gasteiger partial charge in [-0.2, -0.15) is 0 Å². The number of aromatic nitrogens is 2. The summed E-state index contributed by atoms with van der Waals surface area (Å²) in [6, 6.07) is 8.50. The lowest BCUT2D eigenvalue weighted by Gasteiger charge is -2.15. The molecule has 0 aliphatic rings. The molecule has 0 fully saturated rings. The van der Waals surface area contributed by atoms with Crippen LogP contribution in [0, 0.1) is 10.1 Å². The Labute approximate surface area is 151 Å². The van der Waals surface area contributed by atoms with Gasteiger partial charge in [0.05, 0.1) is 34.8 Å². The molecule has 0 amide bonds. The van der Waals surface area contributed by atoms with E-state index in [1.54, 1.807) is 12.1 Å². The maximum atomic E-state index is 12.6. The number of hydrogen-bond acceptors (Lipinski definition) is 5. The van der Waals surface area contributed by atoms with E-state index in [0.29, 0.717) is 21.1 Å². The Balaban J connectivity index is 2.01. The highest BCUT2D eigenvalue weighted by Crippen LogP contribution is 2.27. The van der Waals surface area contributed by atoms with Crippen LogP contribution in [0.2, 0.25) is 10.0 Å². The number of hydrogen-bond donors (Lipinski definition) is 1. The third-order valence-corrected chi connectivity index (χ3v) is 4.28. The highest BCUT2D eigenvalue weighted by molar-refractivity contribution is 6.33. The van der Waals surface area contributed by atoms with Gasteiger partial charge in [0.2, 0.25) is 0 Å². The van der Waals surface area contributed by atoms with Crippen molar-refractivity contribution in [2.24, 2.45) is 0 Å². The fourth-order valence-corrected chi connectivity index (χ4v) is 2.87. The van der Waals surface area contributed by atoms with E-state index in [0.717, 1.165) is 0 Å². The molecule has 3 aromatic rings. The SMILES string of the molecule is O=c1c2cc([N+](=O)[O-])ccc2ncn1C[C@H](O)c1cc(Cl)ccc1Cl. The summed E-state index contributed by atoms with van der Waals surface area (Å²) < 4.78 is 1.17. The number of halogens is 2. The first-order chi connectivity index (χ1) is 11.9. The van der Waals surface area contributed by atoms with E-state index < -0.39 is 16.6 Å². The number of non-ortho nitro benzene ring substituents is 1. The number of fused-ring (bicyclic) bond motifs is 1. The number of nitro benzene ring substituents is 1. The van der Waals surface area contributed by atoms with E-state index in [4.69, 9.17) is 23.2 Å². The molecule has 0 saturated heterocycles. The van der Waals surface area contributed by atoms with Crippen molar-refractivity contribution in [2.75, 3.05) is 0 Å². The first kappa shape index (κ1) is 17.3. The standard InChI is InChI=1S/C16H11Cl2N3O4/c17-9-1-3-13(18)11(5-9)15(22)7-20-8-19-14-4-2-10(21(24)25)6-12(14)16(20)23/h1-6,8,15,22H,7H2/t15-/m0/s1. The summed E-state index contributed by atoms with van der Waals surface area (Å²) in [5.74, 6) is 0. The van der Waals surface area contributed by atoms with E-state index in [2.05, 4.69) is 4.98 Å². The Kier molecular flexibility index (Phi) is 4.71. The van der Waals surface area contributed by atoms with Crippen LogP contribution < -0.4 is 5.56 Å². The number of benzene rings is 2. The van der Waals surface area contributed by atoms with Crippen LogP contribution in [-0.2, 0) is 6.54 Å². The third kappa shape index (κ3) is 3.48. The quantitative estimate of drug-likeness (QED) is 0.553. The smallest absolute Gasteiger partial charge is 0.270 e. The predicted octanol–water partition coefficient (Wildman–Crippen LogP) is 3.35. The molecule has 25 heavy (non-hydrogen) atoms. The zero-order chi connectivity index (χ0) is 18.1. The molecular formula is C16H11Cl2N3O4. The van der Waals surface area contributed by atoms with Crippen molar-refractivity contribution in [1.29, 1.82) is 0 Å². The Hall–Kier alpha value is -2.48. The largest absolute Gasteiger partial charge is 0.386 e. The van der Waals surface area contributed by atoms with E-state index >= 15 is 0 Å². The average molecular weight is 380 g/mol. The van der Waals surface area contributed by atoms with E-state index in [1.165, 1.54) is 35.2 Å². The molecule has 1 heterocycles. The zero-order valence-electron chi connectivity index (χ0n) is 12.6. The summed E-state index contributed by atoms with van der Waals surface area (Å²) in [5.41, 5.74) is 0.0100. The van der Waals surface area contributed by atoms with Crippen LogP contribution in [0.5, 0.6) is 0 Å². The van der Waals surface area contributed by atoms with Crippen LogP contribution in [0.1, 0.15) is 11.7 Å². The minimum atomic E-state index is -1.10. The van der Waals surface area contributed by atoms with Gasteiger partial charge in [0.15, 0.2) is 0 Å². The normalized spacial score (nSPS) is 12.3. The molecule has 0 aliphatic heterocycles. The molecule has 0 spiro atoms. The highest BCUT2D eigenvalue weighted by atomic mass is 35.5. The number of aliphatic hydroxyl groups excluding tert-OH is 1. The molecule has 3 rings (SSSR count). The van der Waals surface area contributed by atoms with Crippen molar-refractivity contribution >= 4 is 39.8 Å². The fraction of sp³-hybridized carbons (Fsp3) is 0.125. The fourth-order valence-electron chi connectivity index (χ4n) is 2.45. The number of nitrogens with zero attached hydrogens (tertiary/aromatic N) is 3. The van der Waals surface area contributed by atoms with Crippen molar-refractivity contribution in [1.82, 2.24) is 9.55 Å². The average Bonchev–Trinajstić information content (AvgIpc) is 2.59. The van der Waals surface area contributed by atoms with Crippen molar-refractivity contribution in [3.8, 4) is 0 Å². The summed E-state index contributed by atoms with van der Waals surface area (Å²) in [4.78, 5) is 26.9. The molecule has 1 aromatic heterocycles. The molecule has 1 atom stereocenters. The lowest BCUT2D eigenvalue weighted by molar-refractivity contribution is -0.384. The maximum Gasteiger partial charge on any atom is 0.270 e. The zero-order valence-corrected chi connectivity index (χ0v) is 14.1. The maximum absolute atomic E-state index is 12.6. The second-order valence-electron chi connectivity index (χ2n) is 5.34.